The average molecular weight is 281 g/mol. The lowest BCUT2D eigenvalue weighted by Gasteiger charge is -2.13. The molecule has 4 heteroatoms. The number of aliphatic hydroxyl groups excluding tert-OH is 1. The number of hydrogen-bond acceptors (Lipinski definition) is 3. The molecule has 0 aliphatic carbocycles. The molecule has 4 nitrogen and oxygen atoms in total. The minimum Gasteiger partial charge on any atom is -0.382 e. The van der Waals surface area contributed by atoms with E-state index in [4.69, 9.17) is 0 Å². The minimum atomic E-state index is -0.664. The highest BCUT2D eigenvalue weighted by Gasteiger charge is 2.17. The fraction of sp³-hybridized carbons (Fsp3) is 0.294. The number of aryl methyl sites for hydroxylation is 2. The highest BCUT2D eigenvalue weighted by Crippen LogP contribution is 2.25. The van der Waals surface area contributed by atoms with Crippen molar-refractivity contribution in [2.45, 2.75) is 32.9 Å². The third kappa shape index (κ3) is 2.54. The van der Waals surface area contributed by atoms with Crippen LogP contribution in [-0.4, -0.2) is 19.9 Å². The predicted octanol–water partition coefficient (Wildman–Crippen LogP) is 3.10. The first-order valence-electron chi connectivity index (χ1n) is 7.32. The van der Waals surface area contributed by atoms with Gasteiger partial charge in [-0.1, -0.05) is 19.1 Å². The second-order valence-electron chi connectivity index (χ2n) is 5.09. The van der Waals surface area contributed by atoms with Crippen LogP contribution in [0.4, 0.5) is 0 Å². The number of aliphatic hydroxyl groups is 1. The molecule has 0 amide bonds. The largest absolute Gasteiger partial charge is 0.382 e. The standard InChI is InChI=1S/C17H19N3O/c1-3-14-11-16(20(4-2)19-14)17(21)13-7-8-15-12(10-13)6-5-9-18-15/h5-11,17,21H,3-4H2,1-2H3. The Bertz CT molecular complexity index is 764. The Morgan fingerprint density at radius 2 is 2.05 bits per heavy atom. The Kier molecular flexibility index (Phi) is 3.71. The van der Waals surface area contributed by atoms with E-state index in [1.54, 1.807) is 6.20 Å². The Morgan fingerprint density at radius 1 is 1.19 bits per heavy atom. The second-order valence-corrected chi connectivity index (χ2v) is 5.09. The Labute approximate surface area is 124 Å². The summed E-state index contributed by atoms with van der Waals surface area (Å²) in [5.74, 6) is 0. The van der Waals surface area contributed by atoms with Gasteiger partial charge in [0.15, 0.2) is 0 Å². The van der Waals surface area contributed by atoms with E-state index in [0.29, 0.717) is 0 Å². The number of nitrogens with zero attached hydrogens (tertiary/aromatic N) is 3. The first-order valence-corrected chi connectivity index (χ1v) is 7.32. The summed E-state index contributed by atoms with van der Waals surface area (Å²) in [7, 11) is 0. The second kappa shape index (κ2) is 5.66. The monoisotopic (exact) mass is 281 g/mol. The summed E-state index contributed by atoms with van der Waals surface area (Å²) in [5.41, 5.74) is 3.66. The van der Waals surface area contributed by atoms with Crippen LogP contribution in [0.5, 0.6) is 0 Å². The van der Waals surface area contributed by atoms with E-state index in [-0.39, 0.29) is 0 Å². The Hall–Kier alpha value is -2.20. The van der Waals surface area contributed by atoms with Crippen molar-refractivity contribution in [2.24, 2.45) is 0 Å². The number of benzene rings is 1. The zero-order valence-electron chi connectivity index (χ0n) is 12.3. The van der Waals surface area contributed by atoms with Crippen molar-refractivity contribution in [2.75, 3.05) is 0 Å². The number of hydrogen-bond donors (Lipinski definition) is 1. The van der Waals surface area contributed by atoms with E-state index in [0.717, 1.165) is 40.8 Å². The zero-order valence-corrected chi connectivity index (χ0v) is 12.3. The quantitative estimate of drug-likeness (QED) is 0.799. The van der Waals surface area contributed by atoms with E-state index in [2.05, 4.69) is 17.0 Å². The maximum atomic E-state index is 10.7. The number of rotatable bonds is 4. The van der Waals surface area contributed by atoms with Gasteiger partial charge in [-0.05, 0) is 43.2 Å². The summed E-state index contributed by atoms with van der Waals surface area (Å²) in [6.45, 7) is 4.86. The van der Waals surface area contributed by atoms with Gasteiger partial charge in [-0.15, -0.1) is 0 Å². The molecular formula is C17H19N3O. The number of fused-ring (bicyclic) bond motifs is 1. The Morgan fingerprint density at radius 3 is 2.81 bits per heavy atom. The molecule has 0 saturated carbocycles. The van der Waals surface area contributed by atoms with Gasteiger partial charge in [0, 0.05) is 18.1 Å². The molecule has 21 heavy (non-hydrogen) atoms. The highest BCUT2D eigenvalue weighted by atomic mass is 16.3. The van der Waals surface area contributed by atoms with E-state index in [1.165, 1.54) is 0 Å². The zero-order chi connectivity index (χ0) is 14.8. The van der Waals surface area contributed by atoms with E-state index in [1.807, 2.05) is 48.0 Å². The summed E-state index contributed by atoms with van der Waals surface area (Å²) in [4.78, 5) is 4.31. The van der Waals surface area contributed by atoms with Crippen LogP contribution >= 0.6 is 0 Å². The molecule has 3 aromatic rings. The smallest absolute Gasteiger partial charge is 0.121 e. The van der Waals surface area contributed by atoms with Crippen LogP contribution in [0.1, 0.15) is 36.9 Å². The number of aromatic nitrogens is 3. The molecule has 0 spiro atoms. The molecule has 1 atom stereocenters. The van der Waals surface area contributed by atoms with Crippen LogP contribution in [0.2, 0.25) is 0 Å². The molecule has 0 fully saturated rings. The molecule has 0 aliphatic heterocycles. The molecule has 1 aromatic carbocycles. The molecule has 3 rings (SSSR count). The van der Waals surface area contributed by atoms with Crippen LogP contribution in [0, 0.1) is 0 Å². The van der Waals surface area contributed by atoms with Crippen molar-refractivity contribution in [3.05, 3.63) is 59.5 Å². The molecule has 0 radical (unpaired) electrons. The fourth-order valence-electron chi connectivity index (χ4n) is 2.57. The van der Waals surface area contributed by atoms with Gasteiger partial charge in [-0.2, -0.15) is 5.10 Å². The topological polar surface area (TPSA) is 50.9 Å². The molecular weight excluding hydrogens is 262 g/mol. The van der Waals surface area contributed by atoms with Crippen molar-refractivity contribution >= 4 is 10.9 Å². The van der Waals surface area contributed by atoms with Gasteiger partial charge in [0.25, 0.3) is 0 Å². The molecule has 108 valence electrons. The maximum Gasteiger partial charge on any atom is 0.121 e. The maximum absolute atomic E-state index is 10.7. The first-order chi connectivity index (χ1) is 10.2. The van der Waals surface area contributed by atoms with Crippen molar-refractivity contribution in [3.63, 3.8) is 0 Å². The van der Waals surface area contributed by atoms with Crippen molar-refractivity contribution < 1.29 is 5.11 Å². The summed E-state index contributed by atoms with van der Waals surface area (Å²) >= 11 is 0. The van der Waals surface area contributed by atoms with Gasteiger partial charge in [0.05, 0.1) is 16.9 Å². The van der Waals surface area contributed by atoms with Gasteiger partial charge in [0.2, 0.25) is 0 Å². The van der Waals surface area contributed by atoms with Gasteiger partial charge < -0.3 is 5.11 Å². The summed E-state index contributed by atoms with van der Waals surface area (Å²) in [5, 5.41) is 16.2. The summed E-state index contributed by atoms with van der Waals surface area (Å²) < 4.78 is 1.87. The van der Waals surface area contributed by atoms with Crippen LogP contribution in [-0.2, 0) is 13.0 Å². The molecule has 2 heterocycles. The predicted molar refractivity (Wildman–Crippen MR) is 83.1 cm³/mol. The van der Waals surface area contributed by atoms with Crippen LogP contribution in [0.15, 0.2) is 42.6 Å². The first kappa shape index (κ1) is 13.8. The van der Waals surface area contributed by atoms with Crippen molar-refractivity contribution in [1.29, 1.82) is 0 Å². The molecule has 0 aliphatic rings. The SMILES string of the molecule is CCc1cc(C(O)c2ccc3ncccc3c2)n(CC)n1. The van der Waals surface area contributed by atoms with Gasteiger partial charge in [0.1, 0.15) is 6.10 Å². The van der Waals surface area contributed by atoms with Gasteiger partial charge in [-0.3, -0.25) is 9.67 Å². The normalized spacial score (nSPS) is 12.7. The van der Waals surface area contributed by atoms with Crippen LogP contribution in [0.3, 0.4) is 0 Å². The van der Waals surface area contributed by atoms with Crippen molar-refractivity contribution in [1.82, 2.24) is 14.8 Å². The molecule has 0 saturated heterocycles. The van der Waals surface area contributed by atoms with E-state index < -0.39 is 6.10 Å². The molecule has 1 unspecified atom stereocenters. The summed E-state index contributed by atoms with van der Waals surface area (Å²) in [6, 6.07) is 11.8. The minimum absolute atomic E-state index is 0.664. The van der Waals surface area contributed by atoms with E-state index >= 15 is 0 Å². The Balaban J connectivity index is 2.03. The molecule has 1 N–H and O–H groups in total. The highest BCUT2D eigenvalue weighted by molar-refractivity contribution is 5.79. The molecule has 2 aromatic heterocycles. The van der Waals surface area contributed by atoms with Crippen LogP contribution < -0.4 is 0 Å². The lowest BCUT2D eigenvalue weighted by Crippen LogP contribution is -2.09. The fourth-order valence-corrected chi connectivity index (χ4v) is 2.57. The number of pyridine rings is 1. The third-order valence-corrected chi connectivity index (χ3v) is 3.75. The van der Waals surface area contributed by atoms with Crippen molar-refractivity contribution in [3.8, 4) is 0 Å². The van der Waals surface area contributed by atoms with Gasteiger partial charge in [-0.25, -0.2) is 0 Å². The summed E-state index contributed by atoms with van der Waals surface area (Å²) in [6.07, 6.45) is 1.98. The van der Waals surface area contributed by atoms with Gasteiger partial charge >= 0.3 is 0 Å². The average Bonchev–Trinajstić information content (AvgIpc) is 2.97. The van der Waals surface area contributed by atoms with E-state index in [9.17, 15) is 5.11 Å². The molecule has 0 bridgehead atoms. The lowest BCUT2D eigenvalue weighted by atomic mass is 10.0. The third-order valence-electron chi connectivity index (χ3n) is 3.75. The van der Waals surface area contributed by atoms with Crippen LogP contribution in [0.25, 0.3) is 10.9 Å². The lowest BCUT2D eigenvalue weighted by molar-refractivity contribution is 0.208.